The lowest BCUT2D eigenvalue weighted by Gasteiger charge is -2.18. The number of carbonyl (C=O) groups is 1. The first-order valence-electron chi connectivity index (χ1n) is 11.0. The summed E-state index contributed by atoms with van der Waals surface area (Å²) in [6, 6.07) is 23.0. The molecule has 1 amide bonds. The van der Waals surface area contributed by atoms with Gasteiger partial charge in [0.15, 0.2) is 28.6 Å². The van der Waals surface area contributed by atoms with Crippen molar-refractivity contribution in [1.82, 2.24) is 14.8 Å². The van der Waals surface area contributed by atoms with Crippen LogP contribution >= 0.6 is 27.7 Å². The summed E-state index contributed by atoms with van der Waals surface area (Å²) in [5.74, 6) is 1.93. The summed E-state index contributed by atoms with van der Waals surface area (Å²) in [5, 5.41) is 12.3. The normalized spacial score (nSPS) is 11.7. The van der Waals surface area contributed by atoms with Crippen LogP contribution in [0.5, 0.6) is 11.5 Å². The summed E-state index contributed by atoms with van der Waals surface area (Å²) < 4.78 is 14.5. The van der Waals surface area contributed by atoms with Crippen LogP contribution in [-0.2, 0) is 4.79 Å². The van der Waals surface area contributed by atoms with E-state index < -0.39 is 6.10 Å². The number of methoxy groups -OCH3 is 1. The first kappa shape index (κ1) is 24.8. The van der Waals surface area contributed by atoms with E-state index in [9.17, 15) is 4.79 Å². The van der Waals surface area contributed by atoms with Crippen molar-refractivity contribution in [3.05, 3.63) is 88.7 Å². The number of hydrogen-bond donors (Lipinski definition) is 1. The van der Waals surface area contributed by atoms with Gasteiger partial charge in [-0.15, -0.1) is 10.2 Å². The minimum absolute atomic E-state index is 0.126. The minimum Gasteiger partial charge on any atom is -0.493 e. The van der Waals surface area contributed by atoms with Gasteiger partial charge in [0, 0.05) is 15.8 Å². The Morgan fingerprint density at radius 1 is 1.06 bits per heavy atom. The Hall–Kier alpha value is -3.30. The van der Waals surface area contributed by atoms with Crippen molar-refractivity contribution in [2.45, 2.75) is 25.1 Å². The molecule has 0 saturated heterocycles. The molecule has 0 bridgehead atoms. The molecule has 0 fully saturated rings. The van der Waals surface area contributed by atoms with E-state index >= 15 is 0 Å². The Bertz CT molecular complexity index is 1310. The van der Waals surface area contributed by atoms with Gasteiger partial charge < -0.3 is 14.8 Å². The highest BCUT2D eigenvalue weighted by molar-refractivity contribution is 9.10. The van der Waals surface area contributed by atoms with Gasteiger partial charge >= 0.3 is 0 Å². The second-order valence-electron chi connectivity index (χ2n) is 7.72. The number of anilines is 1. The molecule has 1 N–H and O–H groups in total. The maximum atomic E-state index is 12.6. The number of nitrogens with one attached hydrogen (secondary N) is 1. The molecule has 9 heteroatoms. The molecule has 1 atom stereocenters. The summed E-state index contributed by atoms with van der Waals surface area (Å²) in [6.07, 6.45) is -0.423. The predicted octanol–water partition coefficient (Wildman–Crippen LogP) is 6.22. The molecule has 1 heterocycles. The van der Waals surface area contributed by atoms with Crippen molar-refractivity contribution in [1.29, 1.82) is 0 Å². The number of halogens is 1. The molecular weight excluding hydrogens is 528 g/mol. The lowest BCUT2D eigenvalue weighted by molar-refractivity contribution is -0.113. The molecule has 0 aliphatic rings. The molecule has 3 aromatic carbocycles. The number of nitrogens with zero attached hydrogens (tertiary/aromatic N) is 3. The predicted molar refractivity (Wildman–Crippen MR) is 142 cm³/mol. The molecule has 1 aromatic heterocycles. The van der Waals surface area contributed by atoms with Crippen LogP contribution in [0, 0.1) is 6.92 Å². The third kappa shape index (κ3) is 6.04. The molecule has 180 valence electrons. The Morgan fingerprint density at radius 3 is 2.49 bits per heavy atom. The van der Waals surface area contributed by atoms with Crippen LogP contribution in [-0.4, -0.2) is 33.5 Å². The number of para-hydroxylation sites is 3. The molecule has 4 rings (SSSR count). The molecule has 0 saturated carbocycles. The second-order valence-corrected chi connectivity index (χ2v) is 9.52. The first-order valence-corrected chi connectivity index (χ1v) is 12.7. The highest BCUT2D eigenvalue weighted by atomic mass is 79.9. The van der Waals surface area contributed by atoms with Crippen molar-refractivity contribution in [2.75, 3.05) is 18.2 Å². The highest BCUT2D eigenvalue weighted by Crippen LogP contribution is 2.32. The summed E-state index contributed by atoms with van der Waals surface area (Å²) in [7, 11) is 1.61. The summed E-state index contributed by atoms with van der Waals surface area (Å²) in [5.41, 5.74) is 2.68. The summed E-state index contributed by atoms with van der Waals surface area (Å²) >= 11 is 4.79. The van der Waals surface area contributed by atoms with E-state index in [1.165, 1.54) is 11.8 Å². The molecular formula is C26H25BrN4O3S. The Morgan fingerprint density at radius 2 is 1.77 bits per heavy atom. The average Bonchev–Trinajstić information content (AvgIpc) is 3.30. The van der Waals surface area contributed by atoms with Gasteiger partial charge in [-0.25, -0.2) is 0 Å². The van der Waals surface area contributed by atoms with Gasteiger partial charge in [-0.2, -0.15) is 0 Å². The van der Waals surface area contributed by atoms with E-state index in [2.05, 4.69) is 31.4 Å². The van der Waals surface area contributed by atoms with Crippen molar-refractivity contribution in [3.8, 4) is 17.2 Å². The number of aromatic nitrogens is 3. The number of rotatable bonds is 9. The maximum absolute atomic E-state index is 12.6. The number of ether oxygens (including phenoxy) is 2. The monoisotopic (exact) mass is 552 g/mol. The van der Waals surface area contributed by atoms with E-state index in [1.54, 1.807) is 7.11 Å². The average molecular weight is 553 g/mol. The van der Waals surface area contributed by atoms with Crippen LogP contribution in [0.4, 0.5) is 5.69 Å². The van der Waals surface area contributed by atoms with Gasteiger partial charge in [-0.3, -0.25) is 9.36 Å². The molecule has 0 aliphatic carbocycles. The van der Waals surface area contributed by atoms with Crippen LogP contribution in [0.3, 0.4) is 0 Å². The number of thioether (sulfide) groups is 1. The van der Waals surface area contributed by atoms with Crippen LogP contribution in [0.15, 0.2) is 82.4 Å². The first-order chi connectivity index (χ1) is 17.0. The quantitative estimate of drug-likeness (QED) is 0.248. The Balaban J connectivity index is 1.54. The highest BCUT2D eigenvalue weighted by Gasteiger charge is 2.22. The van der Waals surface area contributed by atoms with Gasteiger partial charge in [0.05, 0.1) is 12.9 Å². The standard InChI is InChI=1S/C26H25BrN4O3S/c1-17-15-19(13-14-21(17)27)28-24(32)16-35-26-30-29-25(31(26)20-9-5-4-6-10-20)18(2)34-23-12-8-7-11-22(23)33-3/h4-15,18H,16H2,1-3H3,(H,28,32). The van der Waals surface area contributed by atoms with Crippen molar-refractivity contribution in [3.63, 3.8) is 0 Å². The van der Waals surface area contributed by atoms with E-state index in [1.807, 2.05) is 91.2 Å². The zero-order valence-electron chi connectivity index (χ0n) is 19.6. The molecule has 0 spiro atoms. The Labute approximate surface area is 217 Å². The molecule has 0 aliphatic heterocycles. The lowest BCUT2D eigenvalue weighted by atomic mass is 10.2. The SMILES string of the molecule is COc1ccccc1OC(C)c1nnc(SCC(=O)Nc2ccc(Br)c(C)c2)n1-c1ccccc1. The molecule has 4 aromatic rings. The molecule has 1 unspecified atom stereocenters. The van der Waals surface area contributed by atoms with Gasteiger partial charge in [-0.05, 0) is 61.9 Å². The number of aryl methyl sites for hydroxylation is 1. The van der Waals surface area contributed by atoms with E-state index in [0.29, 0.717) is 22.5 Å². The summed E-state index contributed by atoms with van der Waals surface area (Å²) in [4.78, 5) is 12.6. The second kappa shape index (κ2) is 11.4. The van der Waals surface area contributed by atoms with Crippen LogP contribution in [0.25, 0.3) is 5.69 Å². The lowest BCUT2D eigenvalue weighted by Crippen LogP contribution is -2.15. The van der Waals surface area contributed by atoms with Crippen molar-refractivity contribution in [2.24, 2.45) is 0 Å². The van der Waals surface area contributed by atoms with Crippen molar-refractivity contribution >= 4 is 39.3 Å². The van der Waals surface area contributed by atoms with E-state index in [4.69, 9.17) is 9.47 Å². The molecule has 7 nitrogen and oxygen atoms in total. The third-order valence-electron chi connectivity index (χ3n) is 5.18. The largest absolute Gasteiger partial charge is 0.493 e. The van der Waals surface area contributed by atoms with E-state index in [-0.39, 0.29) is 11.7 Å². The number of amides is 1. The zero-order chi connectivity index (χ0) is 24.8. The van der Waals surface area contributed by atoms with Crippen LogP contribution < -0.4 is 14.8 Å². The summed E-state index contributed by atoms with van der Waals surface area (Å²) in [6.45, 7) is 3.89. The zero-order valence-corrected chi connectivity index (χ0v) is 22.0. The fourth-order valence-corrected chi connectivity index (χ4v) is 4.47. The van der Waals surface area contributed by atoms with Crippen molar-refractivity contribution < 1.29 is 14.3 Å². The fraction of sp³-hybridized carbons (Fsp3) is 0.192. The van der Waals surface area contributed by atoms with Crippen LogP contribution in [0.1, 0.15) is 24.4 Å². The third-order valence-corrected chi connectivity index (χ3v) is 7.00. The van der Waals surface area contributed by atoms with E-state index in [0.717, 1.165) is 21.4 Å². The molecule has 0 radical (unpaired) electrons. The van der Waals surface area contributed by atoms with Gasteiger partial charge in [0.1, 0.15) is 0 Å². The maximum Gasteiger partial charge on any atom is 0.234 e. The number of hydrogen-bond acceptors (Lipinski definition) is 6. The Kier molecular flexibility index (Phi) is 8.09. The van der Waals surface area contributed by atoms with Gasteiger partial charge in [-0.1, -0.05) is 58.0 Å². The van der Waals surface area contributed by atoms with Crippen LogP contribution in [0.2, 0.25) is 0 Å². The fourth-order valence-electron chi connectivity index (χ4n) is 3.47. The topological polar surface area (TPSA) is 78.3 Å². The molecule has 35 heavy (non-hydrogen) atoms. The van der Waals surface area contributed by atoms with Gasteiger partial charge in [0.25, 0.3) is 0 Å². The number of benzene rings is 3. The van der Waals surface area contributed by atoms with Gasteiger partial charge in [0.2, 0.25) is 5.91 Å². The number of carbonyl (C=O) groups excluding carboxylic acids is 1. The minimum atomic E-state index is -0.423. The smallest absolute Gasteiger partial charge is 0.234 e.